The lowest BCUT2D eigenvalue weighted by Gasteiger charge is -2.33. The summed E-state index contributed by atoms with van der Waals surface area (Å²) in [6, 6.07) is 8.86. The number of para-hydroxylation sites is 1. The molecular formula is C23H29N5O4S. The molecule has 4 rings (SSSR count). The number of aryl methyl sites for hydroxylation is 1. The van der Waals surface area contributed by atoms with Crippen molar-refractivity contribution in [3.05, 3.63) is 47.8 Å². The number of piperazine rings is 1. The third-order valence-electron chi connectivity index (χ3n) is 5.67. The van der Waals surface area contributed by atoms with E-state index in [1.165, 1.54) is 4.31 Å². The maximum Gasteiger partial charge on any atom is 0.245 e. The van der Waals surface area contributed by atoms with E-state index in [4.69, 9.17) is 4.52 Å². The Bertz CT molecular complexity index is 1270. The molecule has 1 aliphatic rings. The third kappa shape index (κ3) is 5.07. The van der Waals surface area contributed by atoms with Crippen molar-refractivity contribution >= 4 is 32.7 Å². The minimum Gasteiger partial charge on any atom is -0.338 e. The van der Waals surface area contributed by atoms with Gasteiger partial charge in [-0.15, -0.1) is 0 Å². The fourth-order valence-electron chi connectivity index (χ4n) is 3.79. The van der Waals surface area contributed by atoms with Gasteiger partial charge in [0.15, 0.2) is 0 Å². The summed E-state index contributed by atoms with van der Waals surface area (Å²) in [5, 5.41) is 7.52. The first-order chi connectivity index (χ1) is 15.5. The van der Waals surface area contributed by atoms with Crippen LogP contribution in [0.2, 0.25) is 0 Å². The lowest BCUT2D eigenvalue weighted by molar-refractivity contribution is -0.117. The van der Waals surface area contributed by atoms with Gasteiger partial charge in [-0.3, -0.25) is 20.0 Å². The smallest absolute Gasteiger partial charge is 0.245 e. The van der Waals surface area contributed by atoms with Gasteiger partial charge in [-0.1, -0.05) is 38.1 Å². The summed E-state index contributed by atoms with van der Waals surface area (Å²) in [6.07, 6.45) is 1.68. The summed E-state index contributed by atoms with van der Waals surface area (Å²) in [6.45, 7) is 9.62. The molecular weight excluding hydrogens is 442 g/mol. The quantitative estimate of drug-likeness (QED) is 0.609. The average Bonchev–Trinajstić information content (AvgIpc) is 3.22. The van der Waals surface area contributed by atoms with Crippen LogP contribution >= 0.6 is 0 Å². The van der Waals surface area contributed by atoms with Gasteiger partial charge < -0.3 is 4.52 Å². The fraction of sp³-hybridized carbons (Fsp3) is 0.435. The Balaban J connectivity index is 1.38. The van der Waals surface area contributed by atoms with Crippen LogP contribution in [0.15, 0.2) is 45.9 Å². The zero-order valence-corrected chi connectivity index (χ0v) is 20.1. The van der Waals surface area contributed by atoms with E-state index >= 15 is 0 Å². The van der Waals surface area contributed by atoms with Gasteiger partial charge in [0.05, 0.1) is 17.8 Å². The van der Waals surface area contributed by atoms with Crippen LogP contribution in [0.1, 0.15) is 32.0 Å². The van der Waals surface area contributed by atoms with Gasteiger partial charge in [0, 0.05) is 49.2 Å². The summed E-state index contributed by atoms with van der Waals surface area (Å²) in [5.41, 5.74) is 2.04. The summed E-state index contributed by atoms with van der Waals surface area (Å²) in [5.74, 6) is 0.0846. The minimum absolute atomic E-state index is 0.147. The van der Waals surface area contributed by atoms with E-state index in [2.05, 4.69) is 15.5 Å². The van der Waals surface area contributed by atoms with Crippen molar-refractivity contribution in [2.24, 2.45) is 0 Å². The van der Waals surface area contributed by atoms with Crippen LogP contribution in [0.4, 0.5) is 5.88 Å². The van der Waals surface area contributed by atoms with E-state index in [-0.39, 0.29) is 22.8 Å². The normalized spacial score (nSPS) is 16.2. The lowest BCUT2D eigenvalue weighted by Crippen LogP contribution is -2.50. The Morgan fingerprint density at radius 1 is 1.15 bits per heavy atom. The molecule has 1 amide bonds. The van der Waals surface area contributed by atoms with Crippen molar-refractivity contribution < 1.29 is 17.7 Å². The summed E-state index contributed by atoms with van der Waals surface area (Å²) in [7, 11) is -3.69. The number of hydrogen-bond acceptors (Lipinski definition) is 7. The van der Waals surface area contributed by atoms with Gasteiger partial charge >= 0.3 is 0 Å². The van der Waals surface area contributed by atoms with Crippen molar-refractivity contribution in [3.8, 4) is 0 Å². The van der Waals surface area contributed by atoms with Gasteiger partial charge in [0.25, 0.3) is 0 Å². The second-order valence-electron chi connectivity index (χ2n) is 9.40. The largest absolute Gasteiger partial charge is 0.338 e. The highest BCUT2D eigenvalue weighted by Gasteiger charge is 2.31. The van der Waals surface area contributed by atoms with Crippen LogP contribution in [0, 0.1) is 6.92 Å². The third-order valence-corrected chi connectivity index (χ3v) is 7.60. The minimum atomic E-state index is -3.69. The van der Waals surface area contributed by atoms with Crippen LogP contribution in [0.25, 0.3) is 10.9 Å². The number of carbonyl (C=O) groups is 1. The average molecular weight is 472 g/mol. The molecule has 0 unspecified atom stereocenters. The molecule has 3 aromatic rings. The number of hydrogen-bond donors (Lipinski definition) is 1. The number of amides is 1. The molecule has 0 atom stereocenters. The number of fused-ring (bicyclic) bond motifs is 1. The topological polar surface area (TPSA) is 109 Å². The van der Waals surface area contributed by atoms with Crippen LogP contribution in [0.3, 0.4) is 0 Å². The molecule has 1 saturated heterocycles. The summed E-state index contributed by atoms with van der Waals surface area (Å²) in [4.78, 5) is 18.9. The molecule has 1 N–H and O–H groups in total. The van der Waals surface area contributed by atoms with Crippen molar-refractivity contribution in [3.63, 3.8) is 0 Å². The molecule has 9 nitrogen and oxygen atoms in total. The molecule has 0 aliphatic carbocycles. The number of pyridine rings is 1. The van der Waals surface area contributed by atoms with Crippen molar-refractivity contribution in [1.82, 2.24) is 19.3 Å². The van der Waals surface area contributed by atoms with Gasteiger partial charge in [-0.2, -0.15) is 4.31 Å². The summed E-state index contributed by atoms with van der Waals surface area (Å²) >= 11 is 0. The molecule has 176 valence electrons. The molecule has 0 spiro atoms. The highest BCUT2D eigenvalue weighted by atomic mass is 32.2. The number of anilines is 1. The van der Waals surface area contributed by atoms with Gasteiger partial charge in [-0.25, -0.2) is 8.42 Å². The predicted molar refractivity (Wildman–Crippen MR) is 126 cm³/mol. The summed E-state index contributed by atoms with van der Waals surface area (Å²) < 4.78 is 33.3. The second kappa shape index (κ2) is 8.85. The molecule has 0 radical (unpaired) electrons. The lowest BCUT2D eigenvalue weighted by atomic mass is 9.92. The van der Waals surface area contributed by atoms with Gasteiger partial charge in [-0.05, 0) is 24.6 Å². The highest BCUT2D eigenvalue weighted by Crippen LogP contribution is 2.26. The van der Waals surface area contributed by atoms with E-state index in [0.717, 1.165) is 16.6 Å². The zero-order chi connectivity index (χ0) is 23.8. The molecule has 33 heavy (non-hydrogen) atoms. The number of nitrogens with one attached hydrogen (secondary N) is 1. The number of aromatic nitrogens is 2. The van der Waals surface area contributed by atoms with E-state index in [9.17, 15) is 13.2 Å². The van der Waals surface area contributed by atoms with Crippen molar-refractivity contribution in [1.29, 1.82) is 0 Å². The predicted octanol–water partition coefficient (Wildman–Crippen LogP) is 2.77. The van der Waals surface area contributed by atoms with E-state index < -0.39 is 10.0 Å². The first-order valence-corrected chi connectivity index (χ1v) is 12.3. The Morgan fingerprint density at radius 3 is 2.55 bits per heavy atom. The van der Waals surface area contributed by atoms with Crippen molar-refractivity contribution in [2.75, 3.05) is 38.0 Å². The maximum atomic E-state index is 13.3. The molecule has 10 heteroatoms. The Morgan fingerprint density at radius 2 is 1.88 bits per heavy atom. The second-order valence-corrected chi connectivity index (χ2v) is 11.3. The number of carbonyl (C=O) groups excluding carboxylic acids is 1. The molecule has 0 bridgehead atoms. The maximum absolute atomic E-state index is 13.3. The highest BCUT2D eigenvalue weighted by molar-refractivity contribution is 7.89. The monoisotopic (exact) mass is 471 g/mol. The van der Waals surface area contributed by atoms with Gasteiger partial charge in [0.1, 0.15) is 4.90 Å². The Kier molecular flexibility index (Phi) is 6.26. The first-order valence-electron chi connectivity index (χ1n) is 10.9. The van der Waals surface area contributed by atoms with Crippen molar-refractivity contribution in [2.45, 2.75) is 38.0 Å². The van der Waals surface area contributed by atoms with Crippen LogP contribution < -0.4 is 5.32 Å². The Labute approximate surface area is 193 Å². The number of sulfonamides is 1. The molecule has 1 aromatic carbocycles. The molecule has 1 aliphatic heterocycles. The zero-order valence-electron chi connectivity index (χ0n) is 19.3. The van der Waals surface area contributed by atoms with E-state index in [1.807, 2.05) is 44.7 Å². The molecule has 1 fully saturated rings. The molecule has 3 heterocycles. The fourth-order valence-corrected chi connectivity index (χ4v) is 5.37. The van der Waals surface area contributed by atoms with Gasteiger partial charge in [0.2, 0.25) is 21.8 Å². The van der Waals surface area contributed by atoms with Crippen LogP contribution in [0.5, 0.6) is 0 Å². The van der Waals surface area contributed by atoms with E-state index in [1.54, 1.807) is 24.4 Å². The first kappa shape index (κ1) is 23.3. The number of benzene rings is 1. The molecule has 0 saturated carbocycles. The number of nitrogens with zero attached hydrogens (tertiary/aromatic N) is 4. The SMILES string of the molecule is Cc1cnc2c(S(=O)(=O)N3CCN(CC(=O)Nc4cc(C(C)(C)C)no4)CC3)cccc2c1. The Hall–Kier alpha value is -2.82. The standard InChI is InChI=1S/C23H29N5O4S/c1-16-12-17-6-5-7-18(22(17)24-14-16)33(30,31)28-10-8-27(9-11-28)15-20(29)25-21-13-19(26-32-21)23(2,3)4/h5-7,12-14H,8-11,15H2,1-4H3,(H,25,29). The van der Waals surface area contributed by atoms with Crippen LogP contribution in [-0.2, 0) is 20.2 Å². The molecule has 2 aromatic heterocycles. The van der Waals surface area contributed by atoms with E-state index in [0.29, 0.717) is 37.6 Å². The number of rotatable bonds is 5. The van der Waals surface area contributed by atoms with Crippen LogP contribution in [-0.4, -0.2) is 66.4 Å².